The quantitative estimate of drug-likeness (QED) is 0.0719. The van der Waals surface area contributed by atoms with Crippen molar-refractivity contribution in [2.24, 2.45) is 10.2 Å². The van der Waals surface area contributed by atoms with Crippen molar-refractivity contribution in [3.63, 3.8) is 0 Å². The minimum Gasteiger partial charge on any atom is -0.320 e. The number of nitrogens with zero attached hydrogens (tertiary/aromatic N) is 2. The summed E-state index contributed by atoms with van der Waals surface area (Å²) in [5.41, 5.74) is 11.9. The summed E-state index contributed by atoms with van der Waals surface area (Å²) in [6.45, 7) is 10.1. The van der Waals surface area contributed by atoms with Gasteiger partial charge < -0.3 is 10.6 Å². The van der Waals surface area contributed by atoms with E-state index in [9.17, 15) is 19.2 Å². The number of hydrazone groups is 2. The van der Waals surface area contributed by atoms with Gasteiger partial charge in [-0.2, -0.15) is 10.2 Å². The van der Waals surface area contributed by atoms with Crippen LogP contribution in [-0.4, -0.2) is 34.8 Å². The lowest BCUT2D eigenvalue weighted by atomic mass is 10.0. The normalized spacial score (nSPS) is 11.5. The maximum atomic E-state index is 12.8. The number of ketones is 2. The largest absolute Gasteiger partial charge is 0.320 e. The van der Waals surface area contributed by atoms with Crippen LogP contribution in [0.2, 0.25) is 10.0 Å². The summed E-state index contributed by atoms with van der Waals surface area (Å²) >= 11 is 13.1. The van der Waals surface area contributed by atoms with E-state index in [2.05, 4.69) is 31.7 Å². The van der Waals surface area contributed by atoms with Crippen molar-refractivity contribution >= 4 is 80.8 Å². The summed E-state index contributed by atoms with van der Waals surface area (Å²) in [4.78, 5) is 50.2. The summed E-state index contributed by atoms with van der Waals surface area (Å²) in [5.74, 6) is -2.36. The molecule has 12 heteroatoms. The molecule has 246 valence electrons. The Hall–Kier alpha value is -5.32. The van der Waals surface area contributed by atoms with Gasteiger partial charge in [0.15, 0.2) is 23.0 Å². The molecule has 0 spiro atoms. The van der Waals surface area contributed by atoms with Crippen LogP contribution in [0.5, 0.6) is 0 Å². The highest BCUT2D eigenvalue weighted by Gasteiger charge is 2.20. The molecule has 0 bridgehead atoms. The molecule has 4 aromatic carbocycles. The number of carbonyl (C=O) groups excluding carboxylic acids is 4. The molecule has 10 nitrogen and oxygen atoms in total. The van der Waals surface area contributed by atoms with Gasteiger partial charge in [-0.1, -0.05) is 70.7 Å². The van der Waals surface area contributed by atoms with Gasteiger partial charge >= 0.3 is 0 Å². The fourth-order valence-corrected chi connectivity index (χ4v) is 5.10. The number of benzene rings is 4. The van der Waals surface area contributed by atoms with Crippen molar-refractivity contribution in [3.05, 3.63) is 105 Å². The minimum atomic E-state index is -0.653. The maximum absolute atomic E-state index is 12.8. The first-order valence-corrected chi connectivity index (χ1v) is 15.5. The number of nitrogens with one attached hydrogen (secondary N) is 4. The Morgan fingerprint density at radius 2 is 0.875 bits per heavy atom. The first-order chi connectivity index (χ1) is 22.7. The number of rotatable bonds is 11. The number of Topliss-reactive ketones (excluding diaryl/α,β-unsaturated/α-hetero) is 2. The molecule has 2 amide bonds. The Labute approximate surface area is 288 Å². The van der Waals surface area contributed by atoms with Crippen LogP contribution in [0.15, 0.2) is 83.0 Å². The van der Waals surface area contributed by atoms with Gasteiger partial charge in [-0.05, 0) is 86.3 Å². The van der Waals surface area contributed by atoms with E-state index in [1.807, 2.05) is 52.0 Å². The van der Waals surface area contributed by atoms with E-state index < -0.39 is 23.4 Å². The van der Waals surface area contributed by atoms with Crippen molar-refractivity contribution < 1.29 is 19.2 Å². The standard InChI is InChI=1S/C36H34Cl2N6O4/c1-19-7-11-29(21(3)15-19)39-35(47)33(23(5)45)43-41-31-13-9-25(17-27(31)37)26-10-14-32(28(38)18-26)42-44-34(24(6)46)36(48)40-30-12-8-20(2)16-22(30)4/h7-18,41-42H,1-6H3,(H,39,47)(H,40,48)/b43-33-,44-34-. The van der Waals surface area contributed by atoms with Gasteiger partial charge in [-0.15, -0.1) is 0 Å². The second-order valence-electron chi connectivity index (χ2n) is 11.2. The van der Waals surface area contributed by atoms with E-state index >= 15 is 0 Å². The highest BCUT2D eigenvalue weighted by Crippen LogP contribution is 2.33. The van der Waals surface area contributed by atoms with Gasteiger partial charge in [0.1, 0.15) is 0 Å². The zero-order valence-electron chi connectivity index (χ0n) is 27.2. The zero-order valence-corrected chi connectivity index (χ0v) is 28.7. The lowest BCUT2D eigenvalue weighted by Crippen LogP contribution is -2.29. The fourth-order valence-electron chi connectivity index (χ4n) is 4.65. The highest BCUT2D eigenvalue weighted by molar-refractivity contribution is 6.67. The molecule has 0 fully saturated rings. The van der Waals surface area contributed by atoms with Crippen molar-refractivity contribution in [2.45, 2.75) is 41.5 Å². The first kappa shape index (κ1) is 35.5. The van der Waals surface area contributed by atoms with Crippen molar-refractivity contribution in [3.8, 4) is 11.1 Å². The van der Waals surface area contributed by atoms with Crippen LogP contribution < -0.4 is 21.5 Å². The number of amides is 2. The smallest absolute Gasteiger partial charge is 0.279 e. The molecule has 0 heterocycles. The molecule has 4 rings (SSSR count). The van der Waals surface area contributed by atoms with E-state index in [1.54, 1.807) is 48.5 Å². The molecule has 0 aliphatic carbocycles. The number of carbonyl (C=O) groups is 4. The third-order valence-electron chi connectivity index (χ3n) is 7.21. The lowest BCUT2D eigenvalue weighted by molar-refractivity contribution is -0.116. The van der Waals surface area contributed by atoms with Gasteiger partial charge in [-0.25, -0.2) is 0 Å². The number of hydrogen-bond acceptors (Lipinski definition) is 8. The van der Waals surface area contributed by atoms with Gasteiger partial charge in [0, 0.05) is 25.2 Å². The molecule has 4 aromatic rings. The third kappa shape index (κ3) is 8.93. The Balaban J connectivity index is 1.47. The van der Waals surface area contributed by atoms with E-state index in [0.717, 1.165) is 22.3 Å². The predicted molar refractivity (Wildman–Crippen MR) is 194 cm³/mol. The molecule has 0 radical (unpaired) electrons. The number of aryl methyl sites for hydroxylation is 4. The van der Waals surface area contributed by atoms with Crippen molar-refractivity contribution in [1.82, 2.24) is 0 Å². The molecule has 4 N–H and O–H groups in total. The molecular weight excluding hydrogens is 651 g/mol. The minimum absolute atomic E-state index is 0.276. The summed E-state index contributed by atoms with van der Waals surface area (Å²) < 4.78 is 0. The molecule has 0 saturated heterocycles. The Morgan fingerprint density at radius 1 is 0.521 bits per heavy atom. The second-order valence-corrected chi connectivity index (χ2v) is 12.0. The summed E-state index contributed by atoms with van der Waals surface area (Å²) in [7, 11) is 0. The molecule has 0 aromatic heterocycles. The Bertz CT molecular complexity index is 1860. The lowest BCUT2D eigenvalue weighted by Gasteiger charge is -2.12. The fraction of sp³-hybridized carbons (Fsp3) is 0.167. The monoisotopic (exact) mass is 684 g/mol. The molecule has 48 heavy (non-hydrogen) atoms. The number of anilines is 4. The average Bonchev–Trinajstić information content (AvgIpc) is 3.01. The molecule has 0 aliphatic rings. The van der Waals surface area contributed by atoms with E-state index in [0.29, 0.717) is 33.9 Å². The summed E-state index contributed by atoms with van der Waals surface area (Å²) in [6.07, 6.45) is 0. The SMILES string of the molecule is CC(=O)/C(=N/Nc1ccc(-c2ccc(N/N=C(/C(C)=O)C(=O)Nc3ccc(C)cc3C)c(Cl)c2)cc1Cl)C(=O)Nc1ccc(C)cc1C. The Morgan fingerprint density at radius 3 is 1.19 bits per heavy atom. The first-order valence-electron chi connectivity index (χ1n) is 14.8. The molecule has 0 unspecified atom stereocenters. The van der Waals surface area contributed by atoms with Crippen LogP contribution in [0.25, 0.3) is 11.1 Å². The van der Waals surface area contributed by atoms with Crippen LogP contribution in [-0.2, 0) is 19.2 Å². The molecule has 0 atom stereocenters. The van der Waals surface area contributed by atoms with Gasteiger partial charge in [0.05, 0.1) is 21.4 Å². The van der Waals surface area contributed by atoms with Crippen LogP contribution in [0.4, 0.5) is 22.7 Å². The Kier molecular flexibility index (Phi) is 11.5. The third-order valence-corrected chi connectivity index (χ3v) is 7.83. The molecule has 0 aliphatic heterocycles. The molecule has 0 saturated carbocycles. The van der Waals surface area contributed by atoms with Gasteiger partial charge in [-0.3, -0.25) is 30.0 Å². The van der Waals surface area contributed by atoms with Crippen LogP contribution in [0, 0.1) is 27.7 Å². The van der Waals surface area contributed by atoms with Crippen molar-refractivity contribution in [2.75, 3.05) is 21.5 Å². The van der Waals surface area contributed by atoms with Gasteiger partial charge in [0.2, 0.25) is 0 Å². The summed E-state index contributed by atoms with van der Waals surface area (Å²) in [6, 6.07) is 21.3. The van der Waals surface area contributed by atoms with Crippen LogP contribution in [0.3, 0.4) is 0 Å². The van der Waals surface area contributed by atoms with Gasteiger partial charge in [0.25, 0.3) is 11.8 Å². The zero-order chi connectivity index (χ0) is 35.1. The average molecular weight is 686 g/mol. The predicted octanol–water partition coefficient (Wildman–Crippen LogP) is 7.89. The van der Waals surface area contributed by atoms with Crippen LogP contribution in [0.1, 0.15) is 36.1 Å². The van der Waals surface area contributed by atoms with E-state index in [-0.39, 0.29) is 21.5 Å². The summed E-state index contributed by atoms with van der Waals surface area (Å²) in [5, 5.41) is 14.1. The highest BCUT2D eigenvalue weighted by atomic mass is 35.5. The second kappa shape index (κ2) is 15.5. The van der Waals surface area contributed by atoms with E-state index in [1.165, 1.54) is 13.8 Å². The van der Waals surface area contributed by atoms with Crippen LogP contribution >= 0.6 is 23.2 Å². The van der Waals surface area contributed by atoms with E-state index in [4.69, 9.17) is 23.2 Å². The molecular formula is C36H34Cl2N6O4. The topological polar surface area (TPSA) is 141 Å². The van der Waals surface area contributed by atoms with Crippen molar-refractivity contribution in [1.29, 1.82) is 0 Å². The maximum Gasteiger partial charge on any atom is 0.279 e. The number of halogens is 2. The number of hydrogen-bond donors (Lipinski definition) is 4.